The topological polar surface area (TPSA) is 47.3 Å². The first-order valence-electron chi connectivity index (χ1n) is 7.11. The predicted molar refractivity (Wildman–Crippen MR) is 78.2 cm³/mol. The Balaban J connectivity index is 1.96. The maximum Gasteiger partial charge on any atom is 0.227 e. The molecule has 1 saturated heterocycles. The summed E-state index contributed by atoms with van der Waals surface area (Å²) in [5.41, 5.74) is 1.60. The Kier molecular flexibility index (Phi) is 4.75. The van der Waals surface area contributed by atoms with E-state index in [0.29, 0.717) is 18.0 Å². The van der Waals surface area contributed by atoms with E-state index in [1.165, 1.54) is 0 Å². The van der Waals surface area contributed by atoms with Crippen molar-refractivity contribution < 1.29 is 4.79 Å². The van der Waals surface area contributed by atoms with Crippen molar-refractivity contribution in [2.45, 2.75) is 25.8 Å². The lowest BCUT2D eigenvalue weighted by atomic mass is 10.1. The number of piperazine rings is 1. The van der Waals surface area contributed by atoms with Crippen LogP contribution in [-0.2, 0) is 11.2 Å². The fourth-order valence-electron chi connectivity index (χ4n) is 2.60. The van der Waals surface area contributed by atoms with Crippen LogP contribution in [0.1, 0.15) is 24.5 Å². The van der Waals surface area contributed by atoms with Gasteiger partial charge in [0.2, 0.25) is 5.91 Å². The quantitative estimate of drug-likeness (QED) is 0.840. The minimum atomic E-state index is 0.182. The molecule has 0 aliphatic carbocycles. The number of nitriles is 1. The number of carbonyl (C=O) groups is 1. The second kappa shape index (κ2) is 6.53. The Morgan fingerprint density at radius 3 is 2.65 bits per heavy atom. The second-order valence-electron chi connectivity index (χ2n) is 5.37. The van der Waals surface area contributed by atoms with Gasteiger partial charge >= 0.3 is 0 Å². The van der Waals surface area contributed by atoms with Crippen molar-refractivity contribution in [1.82, 2.24) is 9.80 Å². The van der Waals surface area contributed by atoms with Gasteiger partial charge in [0.25, 0.3) is 0 Å². The molecule has 0 saturated carbocycles. The molecule has 106 valence electrons. The number of likely N-dealkylation sites (N-methyl/N-ethyl adjacent to an activating group) is 1. The normalized spacial score (nSPS) is 19.6. The summed E-state index contributed by atoms with van der Waals surface area (Å²) < 4.78 is 0. The molecule has 1 atom stereocenters. The van der Waals surface area contributed by atoms with Crippen LogP contribution < -0.4 is 0 Å². The van der Waals surface area contributed by atoms with Gasteiger partial charge in [0, 0.05) is 25.7 Å². The fraction of sp³-hybridized carbons (Fsp3) is 0.500. The van der Waals surface area contributed by atoms with Crippen molar-refractivity contribution in [2.24, 2.45) is 0 Å². The fourth-order valence-corrected chi connectivity index (χ4v) is 2.60. The molecular formula is C16H21N3O. The lowest BCUT2D eigenvalue weighted by molar-refractivity contribution is -0.133. The summed E-state index contributed by atoms with van der Waals surface area (Å²) in [5, 5.41) is 8.77. The van der Waals surface area contributed by atoms with Gasteiger partial charge in [0.05, 0.1) is 18.1 Å². The van der Waals surface area contributed by atoms with Gasteiger partial charge in [-0.05, 0) is 31.2 Å². The van der Waals surface area contributed by atoms with Crippen LogP contribution in [0.25, 0.3) is 0 Å². The van der Waals surface area contributed by atoms with Gasteiger partial charge in [-0.1, -0.05) is 19.1 Å². The first-order chi connectivity index (χ1) is 9.63. The molecule has 1 aliphatic rings. The van der Waals surface area contributed by atoms with Crippen molar-refractivity contribution in [3.8, 4) is 6.07 Å². The van der Waals surface area contributed by atoms with Crippen LogP contribution in [0.5, 0.6) is 0 Å². The smallest absolute Gasteiger partial charge is 0.227 e. The minimum absolute atomic E-state index is 0.182. The zero-order valence-electron chi connectivity index (χ0n) is 12.2. The maximum absolute atomic E-state index is 12.3. The number of rotatable bonds is 3. The van der Waals surface area contributed by atoms with Gasteiger partial charge in [-0.15, -0.1) is 0 Å². The standard InChI is InChI=1S/C16H21N3O/c1-3-15-12-19(9-8-18(15)2)16(20)10-13-4-6-14(11-17)7-5-13/h4-7,15H,3,8-10,12H2,1-2H3. The van der Waals surface area contributed by atoms with Crippen LogP contribution in [0, 0.1) is 11.3 Å². The van der Waals surface area contributed by atoms with E-state index in [0.717, 1.165) is 31.6 Å². The van der Waals surface area contributed by atoms with Crippen molar-refractivity contribution in [1.29, 1.82) is 5.26 Å². The number of amides is 1. The highest BCUT2D eigenvalue weighted by atomic mass is 16.2. The van der Waals surface area contributed by atoms with E-state index in [1.54, 1.807) is 12.1 Å². The van der Waals surface area contributed by atoms with Crippen molar-refractivity contribution in [3.05, 3.63) is 35.4 Å². The lowest BCUT2D eigenvalue weighted by Crippen LogP contribution is -2.53. The Hall–Kier alpha value is -1.86. The molecule has 0 bridgehead atoms. The predicted octanol–water partition coefficient (Wildman–Crippen LogP) is 1.65. The molecule has 1 aliphatic heterocycles. The highest BCUT2D eigenvalue weighted by molar-refractivity contribution is 5.79. The van der Waals surface area contributed by atoms with Gasteiger partial charge in [-0.25, -0.2) is 0 Å². The first kappa shape index (κ1) is 14.5. The molecule has 1 aromatic carbocycles. The highest BCUT2D eigenvalue weighted by Gasteiger charge is 2.25. The molecule has 4 nitrogen and oxygen atoms in total. The molecule has 20 heavy (non-hydrogen) atoms. The van der Waals surface area contributed by atoms with Crippen molar-refractivity contribution in [2.75, 3.05) is 26.7 Å². The Bertz CT molecular complexity index is 503. The molecule has 1 fully saturated rings. The van der Waals surface area contributed by atoms with Gasteiger partial charge in [-0.2, -0.15) is 5.26 Å². The number of hydrogen-bond acceptors (Lipinski definition) is 3. The lowest BCUT2D eigenvalue weighted by Gasteiger charge is -2.39. The number of benzene rings is 1. The molecule has 0 aromatic heterocycles. The van der Waals surface area contributed by atoms with Crippen LogP contribution >= 0.6 is 0 Å². The number of nitrogens with zero attached hydrogens (tertiary/aromatic N) is 3. The average Bonchev–Trinajstić information content (AvgIpc) is 2.48. The number of carbonyl (C=O) groups excluding carboxylic acids is 1. The molecule has 4 heteroatoms. The van der Waals surface area contributed by atoms with Crippen LogP contribution in [-0.4, -0.2) is 48.4 Å². The van der Waals surface area contributed by atoms with E-state index >= 15 is 0 Å². The zero-order valence-corrected chi connectivity index (χ0v) is 12.2. The van der Waals surface area contributed by atoms with Gasteiger partial charge in [-0.3, -0.25) is 9.69 Å². The van der Waals surface area contributed by atoms with Crippen LogP contribution in [0.2, 0.25) is 0 Å². The minimum Gasteiger partial charge on any atom is -0.340 e. The Morgan fingerprint density at radius 1 is 1.35 bits per heavy atom. The summed E-state index contributed by atoms with van der Waals surface area (Å²) in [6.45, 7) is 4.73. The summed E-state index contributed by atoms with van der Waals surface area (Å²) in [6, 6.07) is 9.82. The molecule has 1 unspecified atom stereocenters. The summed E-state index contributed by atoms with van der Waals surface area (Å²) in [4.78, 5) is 16.6. The van der Waals surface area contributed by atoms with Crippen molar-refractivity contribution in [3.63, 3.8) is 0 Å². The molecule has 0 spiro atoms. The monoisotopic (exact) mass is 271 g/mol. The zero-order chi connectivity index (χ0) is 14.5. The Labute approximate surface area is 120 Å². The van der Waals surface area contributed by atoms with E-state index in [2.05, 4.69) is 24.9 Å². The van der Waals surface area contributed by atoms with E-state index in [-0.39, 0.29) is 5.91 Å². The summed E-state index contributed by atoms with van der Waals surface area (Å²) in [5.74, 6) is 0.182. The van der Waals surface area contributed by atoms with Crippen LogP contribution in [0.3, 0.4) is 0 Å². The van der Waals surface area contributed by atoms with Crippen molar-refractivity contribution >= 4 is 5.91 Å². The average molecular weight is 271 g/mol. The maximum atomic E-state index is 12.3. The van der Waals surface area contributed by atoms with Crippen LogP contribution in [0.15, 0.2) is 24.3 Å². The van der Waals surface area contributed by atoms with Crippen LogP contribution in [0.4, 0.5) is 0 Å². The Morgan fingerprint density at radius 2 is 2.05 bits per heavy atom. The number of hydrogen-bond donors (Lipinski definition) is 0. The highest BCUT2D eigenvalue weighted by Crippen LogP contribution is 2.13. The van der Waals surface area contributed by atoms with E-state index in [4.69, 9.17) is 5.26 Å². The van der Waals surface area contributed by atoms with E-state index in [9.17, 15) is 4.79 Å². The largest absolute Gasteiger partial charge is 0.340 e. The van der Waals surface area contributed by atoms with E-state index in [1.807, 2.05) is 17.0 Å². The molecule has 0 radical (unpaired) electrons. The second-order valence-corrected chi connectivity index (χ2v) is 5.37. The summed E-state index contributed by atoms with van der Waals surface area (Å²) in [7, 11) is 2.12. The molecular weight excluding hydrogens is 250 g/mol. The SMILES string of the molecule is CCC1CN(C(=O)Cc2ccc(C#N)cc2)CCN1C. The van der Waals surface area contributed by atoms with Gasteiger partial charge < -0.3 is 4.90 Å². The van der Waals surface area contributed by atoms with E-state index < -0.39 is 0 Å². The molecule has 1 heterocycles. The van der Waals surface area contributed by atoms with Gasteiger partial charge in [0.1, 0.15) is 0 Å². The third kappa shape index (κ3) is 3.37. The third-order valence-corrected chi connectivity index (χ3v) is 4.04. The molecule has 1 amide bonds. The first-order valence-corrected chi connectivity index (χ1v) is 7.11. The summed E-state index contributed by atoms with van der Waals surface area (Å²) in [6.07, 6.45) is 1.49. The molecule has 1 aromatic rings. The third-order valence-electron chi connectivity index (χ3n) is 4.04. The summed E-state index contributed by atoms with van der Waals surface area (Å²) >= 11 is 0. The molecule has 0 N–H and O–H groups in total. The molecule has 2 rings (SSSR count). The van der Waals surface area contributed by atoms with Gasteiger partial charge in [0.15, 0.2) is 0 Å².